The molecule has 2 heterocycles. The third-order valence-electron chi connectivity index (χ3n) is 5.39. The monoisotopic (exact) mass is 468 g/mol. The Labute approximate surface area is 161 Å². The SMILES string of the molecule is CCC[CH2][Sn]([CH2]CCC)([CH2]CCC)[c]1nnn(-c2cccnc2F)c1C. The minimum atomic E-state index is -2.66. The Bertz CT molecular complexity index is 664. The fourth-order valence-electron chi connectivity index (χ4n) is 3.86. The van der Waals surface area contributed by atoms with E-state index in [0.717, 1.165) is 5.69 Å². The van der Waals surface area contributed by atoms with E-state index in [4.69, 9.17) is 0 Å². The van der Waals surface area contributed by atoms with Gasteiger partial charge in [-0.1, -0.05) is 0 Å². The first-order valence-electron chi connectivity index (χ1n) is 10.1. The number of hydrogen-bond acceptors (Lipinski definition) is 3. The Hall–Kier alpha value is -0.981. The number of aromatic nitrogens is 4. The van der Waals surface area contributed by atoms with Crippen molar-refractivity contribution in [1.82, 2.24) is 20.0 Å². The normalized spacial score (nSPS) is 11.9. The first-order chi connectivity index (χ1) is 12.6. The Kier molecular flexibility index (Phi) is 8.51. The predicted molar refractivity (Wildman–Crippen MR) is 108 cm³/mol. The van der Waals surface area contributed by atoms with Crippen LogP contribution in [0, 0.1) is 12.9 Å². The van der Waals surface area contributed by atoms with Crippen LogP contribution in [0.1, 0.15) is 65.0 Å². The molecule has 0 atom stereocenters. The van der Waals surface area contributed by atoms with E-state index >= 15 is 0 Å². The standard InChI is InChI=1S/C8H6FN4.3C4H9.Sn/c1-6-5-11-12-13(6)7-3-2-4-10-8(7)9;3*1-3-4-2;/h2-4H,1H3;3*1,3-4H2,2H3;. The quantitative estimate of drug-likeness (QED) is 0.339. The van der Waals surface area contributed by atoms with E-state index in [1.165, 1.54) is 61.7 Å². The van der Waals surface area contributed by atoms with Crippen LogP contribution in [0.25, 0.3) is 5.69 Å². The van der Waals surface area contributed by atoms with Crippen LogP contribution in [0.5, 0.6) is 0 Å². The zero-order valence-electron chi connectivity index (χ0n) is 16.8. The number of rotatable bonds is 11. The summed E-state index contributed by atoms with van der Waals surface area (Å²) in [4.78, 5) is 3.78. The van der Waals surface area contributed by atoms with Gasteiger partial charge in [0, 0.05) is 0 Å². The van der Waals surface area contributed by atoms with Crippen molar-refractivity contribution in [3.8, 4) is 5.69 Å². The summed E-state index contributed by atoms with van der Waals surface area (Å²) in [5, 5.41) is 9.05. The summed E-state index contributed by atoms with van der Waals surface area (Å²) in [7, 11) is 0. The Morgan fingerprint density at radius 1 is 1.00 bits per heavy atom. The first-order valence-corrected chi connectivity index (χ1v) is 17.6. The maximum absolute atomic E-state index is 14.2. The van der Waals surface area contributed by atoms with Crippen LogP contribution in [0.3, 0.4) is 0 Å². The van der Waals surface area contributed by atoms with Crippen LogP contribution in [0.2, 0.25) is 13.3 Å². The zero-order chi connectivity index (χ0) is 19.0. The summed E-state index contributed by atoms with van der Waals surface area (Å²) in [5.41, 5.74) is 1.45. The van der Waals surface area contributed by atoms with Crippen molar-refractivity contribution in [2.24, 2.45) is 0 Å². The zero-order valence-corrected chi connectivity index (χ0v) is 19.6. The van der Waals surface area contributed by atoms with Gasteiger partial charge in [0.25, 0.3) is 0 Å². The molecule has 2 aromatic heterocycles. The molecule has 2 rings (SSSR count). The average molecular weight is 467 g/mol. The number of hydrogen-bond donors (Lipinski definition) is 0. The van der Waals surface area contributed by atoms with Crippen molar-refractivity contribution in [2.75, 3.05) is 0 Å². The second kappa shape index (κ2) is 10.4. The van der Waals surface area contributed by atoms with E-state index < -0.39 is 24.3 Å². The fourth-order valence-corrected chi connectivity index (χ4v) is 20.1. The summed E-state index contributed by atoms with van der Waals surface area (Å²) < 4.78 is 21.1. The molecule has 0 spiro atoms. The minimum absolute atomic E-state index is 0.408. The van der Waals surface area contributed by atoms with Crippen molar-refractivity contribution in [3.63, 3.8) is 0 Å². The van der Waals surface area contributed by atoms with Crippen LogP contribution in [0.4, 0.5) is 4.39 Å². The van der Waals surface area contributed by atoms with Gasteiger partial charge in [0.2, 0.25) is 0 Å². The van der Waals surface area contributed by atoms with E-state index in [-0.39, 0.29) is 0 Å². The third kappa shape index (κ3) is 4.84. The molecule has 0 unspecified atom stereocenters. The molecule has 4 nitrogen and oxygen atoms in total. The first kappa shape index (κ1) is 21.3. The molecular weight excluding hydrogens is 434 g/mol. The second-order valence-corrected chi connectivity index (χ2v) is 20.3. The molecule has 0 saturated carbocycles. The van der Waals surface area contributed by atoms with Crippen molar-refractivity contribution in [2.45, 2.75) is 79.5 Å². The van der Waals surface area contributed by atoms with Gasteiger partial charge in [-0.3, -0.25) is 0 Å². The van der Waals surface area contributed by atoms with E-state index in [1.807, 2.05) is 0 Å². The fraction of sp³-hybridized carbons (Fsp3) is 0.650. The topological polar surface area (TPSA) is 43.6 Å². The molecule has 0 N–H and O–H groups in total. The number of pyridine rings is 1. The predicted octanol–water partition coefficient (Wildman–Crippen LogP) is 5.17. The van der Waals surface area contributed by atoms with Gasteiger partial charge in [-0.25, -0.2) is 0 Å². The average Bonchev–Trinajstić information content (AvgIpc) is 3.04. The molecule has 0 saturated heterocycles. The number of nitrogens with zero attached hydrogens (tertiary/aromatic N) is 4. The van der Waals surface area contributed by atoms with Gasteiger partial charge in [0.05, 0.1) is 0 Å². The molecule has 0 aromatic carbocycles. The van der Waals surface area contributed by atoms with Gasteiger partial charge >= 0.3 is 162 Å². The molecule has 0 aliphatic rings. The van der Waals surface area contributed by atoms with Gasteiger partial charge in [-0.2, -0.15) is 0 Å². The third-order valence-corrected chi connectivity index (χ3v) is 20.8. The molecule has 0 aliphatic carbocycles. The molecule has 2 aromatic rings. The van der Waals surface area contributed by atoms with E-state index in [9.17, 15) is 4.39 Å². The van der Waals surface area contributed by atoms with Gasteiger partial charge in [-0.15, -0.1) is 0 Å². The molecule has 0 fully saturated rings. The summed E-state index contributed by atoms with van der Waals surface area (Å²) in [6.45, 7) is 8.87. The molecule has 0 amide bonds. The van der Waals surface area contributed by atoms with Gasteiger partial charge in [-0.05, 0) is 0 Å². The Morgan fingerprint density at radius 3 is 2.08 bits per heavy atom. The Morgan fingerprint density at radius 2 is 1.58 bits per heavy atom. The van der Waals surface area contributed by atoms with E-state index in [2.05, 4.69) is 43.0 Å². The molecular formula is C20H33FN4Sn. The van der Waals surface area contributed by atoms with Crippen LogP contribution in [-0.2, 0) is 0 Å². The number of halogens is 1. The molecule has 6 heteroatoms. The Balaban J connectivity index is 2.48. The van der Waals surface area contributed by atoms with Gasteiger partial charge in [0.15, 0.2) is 0 Å². The summed E-state index contributed by atoms with van der Waals surface area (Å²) in [5.74, 6) is -0.483. The van der Waals surface area contributed by atoms with E-state index in [1.54, 1.807) is 16.8 Å². The molecule has 144 valence electrons. The van der Waals surface area contributed by atoms with Gasteiger partial charge in [0.1, 0.15) is 0 Å². The van der Waals surface area contributed by atoms with Crippen molar-refractivity contribution >= 4 is 22.1 Å². The van der Waals surface area contributed by atoms with Crippen LogP contribution in [-0.4, -0.2) is 38.4 Å². The molecule has 0 bridgehead atoms. The maximum atomic E-state index is 14.2. The van der Waals surface area contributed by atoms with Gasteiger partial charge < -0.3 is 0 Å². The summed E-state index contributed by atoms with van der Waals surface area (Å²) in [6, 6.07) is 3.48. The molecule has 0 radical (unpaired) electrons. The van der Waals surface area contributed by atoms with Crippen molar-refractivity contribution in [3.05, 3.63) is 30.0 Å². The summed E-state index contributed by atoms with van der Waals surface area (Å²) in [6.07, 6.45) is 8.97. The van der Waals surface area contributed by atoms with E-state index in [0.29, 0.717) is 5.69 Å². The molecule has 26 heavy (non-hydrogen) atoms. The van der Waals surface area contributed by atoms with Crippen molar-refractivity contribution < 1.29 is 4.39 Å². The molecule has 0 aliphatic heterocycles. The van der Waals surface area contributed by atoms with Crippen LogP contribution >= 0.6 is 0 Å². The number of unbranched alkanes of at least 4 members (excludes halogenated alkanes) is 3. The van der Waals surface area contributed by atoms with Crippen molar-refractivity contribution in [1.29, 1.82) is 0 Å². The summed E-state index contributed by atoms with van der Waals surface area (Å²) >= 11 is -2.66. The van der Waals surface area contributed by atoms with Crippen LogP contribution in [0.15, 0.2) is 18.3 Å². The second-order valence-electron chi connectivity index (χ2n) is 7.34. The van der Waals surface area contributed by atoms with Crippen LogP contribution < -0.4 is 3.71 Å².